The minimum Gasteiger partial charge on any atom is -0.313 e. The highest BCUT2D eigenvalue weighted by atomic mass is 14.9. The topological polar surface area (TPSA) is 12.0 Å². The Balaban J connectivity index is 2.29. The summed E-state index contributed by atoms with van der Waals surface area (Å²) in [6, 6.07) is 0.763. The molecule has 1 heteroatoms. The zero-order valence-corrected chi connectivity index (χ0v) is 13.4. The van der Waals surface area contributed by atoms with Crippen LogP contribution in [0.1, 0.15) is 79.6 Å². The minimum atomic E-state index is 0.468. The van der Waals surface area contributed by atoms with E-state index in [0.29, 0.717) is 5.41 Å². The minimum absolute atomic E-state index is 0.468. The molecule has 1 fully saturated rings. The number of hydrogen-bond donors (Lipinski definition) is 1. The second-order valence-electron chi connectivity index (χ2n) is 7.50. The Labute approximate surface area is 115 Å². The SMILES string of the molecule is CCCCCC(C)(C)CNC1CC(C)CCC1C. The predicted molar refractivity (Wildman–Crippen MR) is 81.9 cm³/mol. The fraction of sp³-hybridized carbons (Fsp3) is 1.00. The van der Waals surface area contributed by atoms with Crippen molar-refractivity contribution in [2.24, 2.45) is 17.3 Å². The lowest BCUT2D eigenvalue weighted by Gasteiger charge is -2.36. The van der Waals surface area contributed by atoms with Gasteiger partial charge < -0.3 is 5.32 Å². The van der Waals surface area contributed by atoms with Gasteiger partial charge in [0.05, 0.1) is 0 Å². The van der Waals surface area contributed by atoms with Crippen LogP contribution < -0.4 is 5.32 Å². The van der Waals surface area contributed by atoms with Gasteiger partial charge in [-0.05, 0) is 36.5 Å². The molecule has 18 heavy (non-hydrogen) atoms. The molecule has 1 nitrogen and oxygen atoms in total. The van der Waals surface area contributed by atoms with E-state index >= 15 is 0 Å². The van der Waals surface area contributed by atoms with Crippen LogP contribution in [-0.2, 0) is 0 Å². The van der Waals surface area contributed by atoms with Crippen LogP contribution in [0.3, 0.4) is 0 Å². The molecule has 0 saturated heterocycles. The summed E-state index contributed by atoms with van der Waals surface area (Å²) >= 11 is 0. The van der Waals surface area contributed by atoms with Crippen molar-refractivity contribution < 1.29 is 0 Å². The molecular formula is C17H35N. The first-order valence-corrected chi connectivity index (χ1v) is 8.18. The highest BCUT2D eigenvalue weighted by Gasteiger charge is 2.27. The molecular weight excluding hydrogens is 218 g/mol. The third-order valence-electron chi connectivity index (χ3n) is 4.76. The van der Waals surface area contributed by atoms with Gasteiger partial charge in [0.2, 0.25) is 0 Å². The van der Waals surface area contributed by atoms with E-state index in [0.717, 1.165) is 17.9 Å². The van der Waals surface area contributed by atoms with Gasteiger partial charge in [0.15, 0.2) is 0 Å². The highest BCUT2D eigenvalue weighted by Crippen LogP contribution is 2.30. The van der Waals surface area contributed by atoms with Crippen molar-refractivity contribution in [1.82, 2.24) is 5.32 Å². The molecule has 0 aromatic carbocycles. The summed E-state index contributed by atoms with van der Waals surface area (Å²) in [6.45, 7) is 13.2. The molecule has 0 aliphatic heterocycles. The fourth-order valence-electron chi connectivity index (χ4n) is 3.17. The summed E-state index contributed by atoms with van der Waals surface area (Å²) in [4.78, 5) is 0. The van der Waals surface area contributed by atoms with Gasteiger partial charge in [0.25, 0.3) is 0 Å². The first kappa shape index (κ1) is 16.0. The van der Waals surface area contributed by atoms with E-state index in [9.17, 15) is 0 Å². The zero-order valence-electron chi connectivity index (χ0n) is 13.4. The van der Waals surface area contributed by atoms with Crippen molar-refractivity contribution >= 4 is 0 Å². The van der Waals surface area contributed by atoms with Crippen molar-refractivity contribution in [3.8, 4) is 0 Å². The summed E-state index contributed by atoms with van der Waals surface area (Å²) in [7, 11) is 0. The van der Waals surface area contributed by atoms with Gasteiger partial charge in [-0.2, -0.15) is 0 Å². The quantitative estimate of drug-likeness (QED) is 0.629. The second-order valence-corrected chi connectivity index (χ2v) is 7.50. The van der Waals surface area contributed by atoms with Gasteiger partial charge in [0.1, 0.15) is 0 Å². The lowest BCUT2D eigenvalue weighted by Crippen LogP contribution is -2.43. The molecule has 0 aromatic rings. The maximum atomic E-state index is 3.87. The van der Waals surface area contributed by atoms with Crippen LogP contribution >= 0.6 is 0 Å². The summed E-state index contributed by atoms with van der Waals surface area (Å²) in [5, 5.41) is 3.87. The van der Waals surface area contributed by atoms with Gasteiger partial charge >= 0.3 is 0 Å². The summed E-state index contributed by atoms with van der Waals surface area (Å²) in [6.07, 6.45) is 9.70. The molecule has 3 atom stereocenters. The molecule has 0 radical (unpaired) electrons. The molecule has 108 valence electrons. The summed E-state index contributed by atoms with van der Waals surface area (Å²) < 4.78 is 0. The Morgan fingerprint density at radius 1 is 1.11 bits per heavy atom. The maximum Gasteiger partial charge on any atom is 0.00954 e. The Kier molecular flexibility index (Phi) is 6.70. The Morgan fingerprint density at radius 3 is 2.50 bits per heavy atom. The molecule has 0 amide bonds. The first-order valence-electron chi connectivity index (χ1n) is 8.18. The van der Waals surface area contributed by atoms with Crippen LogP contribution in [0.4, 0.5) is 0 Å². The summed E-state index contributed by atoms with van der Waals surface area (Å²) in [5.41, 5.74) is 0.468. The molecule has 0 aromatic heterocycles. The van der Waals surface area contributed by atoms with Gasteiger partial charge in [-0.15, -0.1) is 0 Å². The van der Waals surface area contributed by atoms with Gasteiger partial charge in [-0.3, -0.25) is 0 Å². The van der Waals surface area contributed by atoms with Crippen LogP contribution in [0.5, 0.6) is 0 Å². The molecule has 0 bridgehead atoms. The van der Waals surface area contributed by atoms with E-state index in [4.69, 9.17) is 0 Å². The molecule has 0 heterocycles. The van der Waals surface area contributed by atoms with Crippen LogP contribution in [0.15, 0.2) is 0 Å². The summed E-state index contributed by atoms with van der Waals surface area (Å²) in [5.74, 6) is 1.79. The first-order chi connectivity index (χ1) is 8.44. The van der Waals surface area contributed by atoms with Crippen molar-refractivity contribution in [2.75, 3.05) is 6.54 Å². The van der Waals surface area contributed by atoms with Crippen molar-refractivity contribution in [3.63, 3.8) is 0 Å². The van der Waals surface area contributed by atoms with E-state index in [1.807, 2.05) is 0 Å². The monoisotopic (exact) mass is 253 g/mol. The third-order valence-corrected chi connectivity index (χ3v) is 4.76. The Bertz CT molecular complexity index is 222. The van der Waals surface area contributed by atoms with Crippen molar-refractivity contribution in [1.29, 1.82) is 0 Å². The number of unbranched alkanes of at least 4 members (excludes halogenated alkanes) is 2. The van der Waals surface area contributed by atoms with Gasteiger partial charge in [-0.1, -0.05) is 60.3 Å². The van der Waals surface area contributed by atoms with Crippen LogP contribution in [0, 0.1) is 17.3 Å². The van der Waals surface area contributed by atoms with Crippen LogP contribution in [0.2, 0.25) is 0 Å². The second kappa shape index (κ2) is 7.53. The van der Waals surface area contributed by atoms with Gasteiger partial charge in [0, 0.05) is 12.6 Å². The fourth-order valence-corrected chi connectivity index (χ4v) is 3.17. The van der Waals surface area contributed by atoms with Crippen LogP contribution in [0.25, 0.3) is 0 Å². The smallest absolute Gasteiger partial charge is 0.00954 e. The molecule has 1 rings (SSSR count). The third kappa shape index (κ3) is 5.73. The predicted octanol–water partition coefficient (Wildman–Crippen LogP) is 5.01. The van der Waals surface area contributed by atoms with Crippen molar-refractivity contribution in [2.45, 2.75) is 85.6 Å². The Hall–Kier alpha value is -0.0400. The number of rotatable bonds is 7. The molecule has 1 aliphatic carbocycles. The lowest BCUT2D eigenvalue weighted by molar-refractivity contribution is 0.198. The lowest BCUT2D eigenvalue weighted by atomic mass is 9.79. The van der Waals surface area contributed by atoms with E-state index in [1.165, 1.54) is 51.5 Å². The highest BCUT2D eigenvalue weighted by molar-refractivity contribution is 4.83. The molecule has 3 unspecified atom stereocenters. The number of hydrogen-bond acceptors (Lipinski definition) is 1. The van der Waals surface area contributed by atoms with E-state index in [2.05, 4.69) is 39.9 Å². The average molecular weight is 253 g/mol. The Morgan fingerprint density at radius 2 is 1.83 bits per heavy atom. The zero-order chi connectivity index (χ0) is 13.6. The molecule has 0 spiro atoms. The number of nitrogens with one attached hydrogen (secondary N) is 1. The van der Waals surface area contributed by atoms with Gasteiger partial charge in [-0.25, -0.2) is 0 Å². The maximum absolute atomic E-state index is 3.87. The van der Waals surface area contributed by atoms with Crippen molar-refractivity contribution in [3.05, 3.63) is 0 Å². The largest absolute Gasteiger partial charge is 0.313 e. The molecule has 1 aliphatic rings. The standard InChI is InChI=1S/C17H35N/c1-6-7-8-11-17(4,5)13-18-16-12-14(2)9-10-15(16)3/h14-16,18H,6-13H2,1-5H3. The average Bonchev–Trinajstić information content (AvgIpc) is 2.31. The molecule has 1 saturated carbocycles. The van der Waals surface area contributed by atoms with E-state index in [1.54, 1.807) is 0 Å². The molecule has 1 N–H and O–H groups in total. The normalized spacial score (nSPS) is 29.5. The van der Waals surface area contributed by atoms with Crippen LogP contribution in [-0.4, -0.2) is 12.6 Å². The van der Waals surface area contributed by atoms with E-state index < -0.39 is 0 Å². The van der Waals surface area contributed by atoms with E-state index in [-0.39, 0.29) is 0 Å².